The fourth-order valence-electron chi connectivity index (χ4n) is 2.90. The van der Waals surface area contributed by atoms with Gasteiger partial charge in [-0.15, -0.1) is 0 Å². The van der Waals surface area contributed by atoms with Crippen molar-refractivity contribution in [2.45, 2.75) is 31.3 Å². The number of anilines is 1. The molecule has 1 atom stereocenters. The average molecular weight is 410 g/mol. The molecule has 1 amide bonds. The van der Waals surface area contributed by atoms with E-state index in [9.17, 15) is 13.2 Å². The van der Waals surface area contributed by atoms with Gasteiger partial charge in [-0.25, -0.2) is 8.42 Å². The number of nitrogens with one attached hydrogen (secondary N) is 1. The molecule has 1 aliphatic heterocycles. The van der Waals surface area contributed by atoms with E-state index in [1.165, 1.54) is 24.3 Å². The van der Waals surface area contributed by atoms with Crippen LogP contribution >= 0.6 is 11.6 Å². The van der Waals surface area contributed by atoms with Gasteiger partial charge in [0, 0.05) is 23.1 Å². The van der Waals surface area contributed by atoms with E-state index < -0.39 is 21.5 Å². The zero-order valence-electron chi connectivity index (χ0n) is 15.0. The first-order valence-corrected chi connectivity index (χ1v) is 10.6. The summed E-state index contributed by atoms with van der Waals surface area (Å²) in [5.41, 5.74) is 1.39. The van der Waals surface area contributed by atoms with Crippen molar-refractivity contribution in [3.8, 4) is 11.5 Å². The van der Waals surface area contributed by atoms with E-state index in [0.29, 0.717) is 28.8 Å². The number of amides is 1. The maximum atomic E-state index is 12.4. The summed E-state index contributed by atoms with van der Waals surface area (Å²) in [5.74, 6) is -0.181. The fourth-order valence-corrected chi connectivity index (χ4v) is 4.16. The highest BCUT2D eigenvalue weighted by Gasteiger charge is 2.24. The Bertz CT molecular complexity index is 957. The number of rotatable bonds is 6. The second kappa shape index (κ2) is 7.78. The van der Waals surface area contributed by atoms with Gasteiger partial charge in [0.15, 0.2) is 9.84 Å². The van der Waals surface area contributed by atoms with Gasteiger partial charge in [0.25, 0.3) is 0 Å². The summed E-state index contributed by atoms with van der Waals surface area (Å²) >= 11 is 5.78. The predicted molar refractivity (Wildman–Crippen MR) is 104 cm³/mol. The SMILES string of the molecule is CCOc1cc2c(cc1NC(=O)CS(=O)(=O)c1ccc(Cl)cc1)OC(C)C2. The van der Waals surface area contributed by atoms with Gasteiger partial charge < -0.3 is 14.8 Å². The van der Waals surface area contributed by atoms with Gasteiger partial charge in [-0.3, -0.25) is 4.79 Å². The molecule has 2 aromatic carbocycles. The number of fused-ring (bicyclic) bond motifs is 1. The number of carbonyl (C=O) groups excluding carboxylic acids is 1. The second-order valence-electron chi connectivity index (χ2n) is 6.28. The summed E-state index contributed by atoms with van der Waals surface area (Å²) < 4.78 is 36.1. The highest BCUT2D eigenvalue weighted by Crippen LogP contribution is 2.38. The van der Waals surface area contributed by atoms with Gasteiger partial charge in [-0.2, -0.15) is 0 Å². The molecular formula is C19H20ClNO5S. The summed E-state index contributed by atoms with van der Waals surface area (Å²) in [6, 6.07) is 9.20. The first-order valence-electron chi connectivity index (χ1n) is 8.53. The van der Waals surface area contributed by atoms with Gasteiger partial charge in [0.1, 0.15) is 23.4 Å². The fraction of sp³-hybridized carbons (Fsp3) is 0.316. The summed E-state index contributed by atoms with van der Waals surface area (Å²) in [6.07, 6.45) is 0.805. The molecule has 0 spiro atoms. The lowest BCUT2D eigenvalue weighted by Gasteiger charge is -2.14. The van der Waals surface area contributed by atoms with Gasteiger partial charge in [-0.05, 0) is 44.2 Å². The molecule has 0 saturated heterocycles. The molecular weight excluding hydrogens is 390 g/mol. The average Bonchev–Trinajstić information content (AvgIpc) is 2.94. The van der Waals surface area contributed by atoms with Crippen LogP contribution in [-0.4, -0.2) is 32.8 Å². The Morgan fingerprint density at radius 3 is 2.67 bits per heavy atom. The summed E-state index contributed by atoms with van der Waals surface area (Å²) in [4.78, 5) is 12.4. The standard InChI is InChI=1S/C19H20ClNO5S/c1-3-25-18-9-13-8-12(2)26-17(13)10-16(18)21-19(22)11-27(23,24)15-6-4-14(20)5-7-15/h4-7,9-10,12H,3,8,11H2,1-2H3,(H,21,22). The largest absolute Gasteiger partial charge is 0.492 e. The minimum absolute atomic E-state index is 0.0400. The van der Waals surface area contributed by atoms with Crippen LogP contribution in [0.3, 0.4) is 0 Å². The topological polar surface area (TPSA) is 81.7 Å². The van der Waals surface area contributed by atoms with Crippen molar-refractivity contribution < 1.29 is 22.7 Å². The smallest absolute Gasteiger partial charge is 0.240 e. The number of sulfone groups is 1. The molecule has 1 heterocycles. The first-order chi connectivity index (χ1) is 12.8. The van der Waals surface area contributed by atoms with Crippen molar-refractivity contribution >= 4 is 33.0 Å². The van der Waals surface area contributed by atoms with Crippen LogP contribution in [0.15, 0.2) is 41.3 Å². The maximum Gasteiger partial charge on any atom is 0.240 e. The highest BCUT2D eigenvalue weighted by molar-refractivity contribution is 7.92. The molecule has 1 unspecified atom stereocenters. The lowest BCUT2D eigenvalue weighted by Crippen LogP contribution is -2.23. The molecule has 8 heteroatoms. The van der Waals surface area contributed by atoms with E-state index in [2.05, 4.69) is 5.32 Å². The third-order valence-electron chi connectivity index (χ3n) is 4.07. The van der Waals surface area contributed by atoms with Crippen molar-refractivity contribution in [1.29, 1.82) is 0 Å². The molecule has 6 nitrogen and oxygen atoms in total. The van der Waals surface area contributed by atoms with Gasteiger partial charge in [-0.1, -0.05) is 11.6 Å². The Kier molecular flexibility index (Phi) is 5.62. The monoisotopic (exact) mass is 409 g/mol. The number of hydrogen-bond acceptors (Lipinski definition) is 5. The molecule has 0 aliphatic carbocycles. The molecule has 0 radical (unpaired) electrons. The molecule has 0 aromatic heterocycles. The van der Waals surface area contributed by atoms with Crippen molar-refractivity contribution in [3.63, 3.8) is 0 Å². The molecule has 3 rings (SSSR count). The third-order valence-corrected chi connectivity index (χ3v) is 5.95. The zero-order chi connectivity index (χ0) is 19.6. The number of halogens is 1. The summed E-state index contributed by atoms with van der Waals surface area (Å²) in [6.45, 7) is 4.21. The van der Waals surface area contributed by atoms with E-state index in [0.717, 1.165) is 12.0 Å². The lowest BCUT2D eigenvalue weighted by molar-refractivity contribution is -0.113. The Hall–Kier alpha value is -2.25. The Morgan fingerprint density at radius 2 is 2.00 bits per heavy atom. The van der Waals surface area contributed by atoms with Gasteiger partial charge in [0.05, 0.1) is 17.2 Å². The minimum atomic E-state index is -3.78. The molecule has 0 fully saturated rings. The van der Waals surface area contributed by atoms with Crippen LogP contribution in [0.2, 0.25) is 5.02 Å². The molecule has 1 aliphatic rings. The normalized spacial score (nSPS) is 15.7. The number of carbonyl (C=O) groups is 1. The minimum Gasteiger partial charge on any atom is -0.492 e. The molecule has 0 bridgehead atoms. The van der Waals surface area contributed by atoms with Crippen LogP contribution in [0.5, 0.6) is 11.5 Å². The molecule has 0 saturated carbocycles. The Labute approximate surface area is 163 Å². The Balaban J connectivity index is 1.79. The number of hydrogen-bond donors (Lipinski definition) is 1. The van der Waals surface area contributed by atoms with Crippen molar-refractivity contribution in [1.82, 2.24) is 0 Å². The van der Waals surface area contributed by atoms with Crippen LogP contribution < -0.4 is 14.8 Å². The lowest BCUT2D eigenvalue weighted by atomic mass is 10.1. The molecule has 2 aromatic rings. The van der Waals surface area contributed by atoms with Crippen molar-refractivity contribution in [2.75, 3.05) is 17.7 Å². The quantitative estimate of drug-likeness (QED) is 0.789. The van der Waals surface area contributed by atoms with E-state index in [1.807, 2.05) is 19.9 Å². The molecule has 144 valence electrons. The van der Waals surface area contributed by atoms with Crippen LogP contribution in [0.1, 0.15) is 19.4 Å². The number of ether oxygens (including phenoxy) is 2. The van der Waals surface area contributed by atoms with E-state index in [1.54, 1.807) is 6.07 Å². The summed E-state index contributed by atoms with van der Waals surface area (Å²) in [7, 11) is -3.78. The second-order valence-corrected chi connectivity index (χ2v) is 8.71. The van der Waals surface area contributed by atoms with Crippen molar-refractivity contribution in [2.24, 2.45) is 0 Å². The Morgan fingerprint density at radius 1 is 1.30 bits per heavy atom. The van der Waals surface area contributed by atoms with Gasteiger partial charge in [0.2, 0.25) is 5.91 Å². The third kappa shape index (κ3) is 4.54. The molecule has 1 N–H and O–H groups in total. The van der Waals surface area contributed by atoms with Crippen molar-refractivity contribution in [3.05, 3.63) is 47.0 Å². The van der Waals surface area contributed by atoms with E-state index >= 15 is 0 Å². The predicted octanol–water partition coefficient (Wildman–Crippen LogP) is 3.47. The first kappa shape index (κ1) is 19.5. The number of benzene rings is 2. The highest BCUT2D eigenvalue weighted by atomic mass is 35.5. The zero-order valence-corrected chi connectivity index (χ0v) is 16.6. The van der Waals surface area contributed by atoms with E-state index in [-0.39, 0.29) is 11.0 Å². The van der Waals surface area contributed by atoms with Crippen LogP contribution in [0.25, 0.3) is 0 Å². The van der Waals surface area contributed by atoms with Crippen LogP contribution in [-0.2, 0) is 21.1 Å². The van der Waals surface area contributed by atoms with Gasteiger partial charge >= 0.3 is 0 Å². The van der Waals surface area contributed by atoms with Crippen LogP contribution in [0, 0.1) is 0 Å². The van der Waals surface area contributed by atoms with E-state index in [4.69, 9.17) is 21.1 Å². The maximum absolute atomic E-state index is 12.4. The van der Waals surface area contributed by atoms with Crippen LogP contribution in [0.4, 0.5) is 5.69 Å². The summed E-state index contributed by atoms with van der Waals surface area (Å²) in [5, 5.41) is 3.05. The molecule has 27 heavy (non-hydrogen) atoms.